The van der Waals surface area contributed by atoms with Gasteiger partial charge in [0, 0.05) is 24.2 Å². The molecule has 0 radical (unpaired) electrons. The fourth-order valence-corrected chi connectivity index (χ4v) is 1.89. The molecular formula is C13H13F3N4O3. The van der Waals surface area contributed by atoms with E-state index in [1.54, 1.807) is 0 Å². The van der Waals surface area contributed by atoms with Crippen LogP contribution in [-0.4, -0.2) is 30.9 Å². The number of cyclic esters (lactones) is 1. The summed E-state index contributed by atoms with van der Waals surface area (Å²) in [5.74, 6) is -0.618. The lowest BCUT2D eigenvalue weighted by molar-refractivity contribution is -0.137. The van der Waals surface area contributed by atoms with E-state index in [9.17, 15) is 22.8 Å². The van der Waals surface area contributed by atoms with Crippen LogP contribution in [0.15, 0.2) is 23.3 Å². The Bertz CT molecular complexity index is 658. The van der Waals surface area contributed by atoms with Crippen LogP contribution in [0.25, 0.3) is 0 Å². The van der Waals surface area contributed by atoms with Gasteiger partial charge >= 0.3 is 12.3 Å². The van der Waals surface area contributed by atoms with Crippen molar-refractivity contribution >= 4 is 23.4 Å². The van der Waals surface area contributed by atoms with Crippen LogP contribution in [0.2, 0.25) is 0 Å². The molecule has 1 aromatic carbocycles. The maximum absolute atomic E-state index is 13.2. The van der Waals surface area contributed by atoms with E-state index in [0.717, 1.165) is 6.07 Å². The third-order valence-corrected chi connectivity index (χ3v) is 2.97. The van der Waals surface area contributed by atoms with Gasteiger partial charge in [0.1, 0.15) is 12.3 Å². The van der Waals surface area contributed by atoms with E-state index in [0.29, 0.717) is 0 Å². The van der Waals surface area contributed by atoms with Gasteiger partial charge in [0.05, 0.1) is 5.56 Å². The van der Waals surface area contributed by atoms with E-state index in [1.165, 1.54) is 12.1 Å². The smallest absolute Gasteiger partial charge is 0.428 e. The molecular weight excluding hydrogens is 317 g/mol. The minimum atomic E-state index is -4.61. The van der Waals surface area contributed by atoms with Gasteiger partial charge in [-0.1, -0.05) is 6.07 Å². The lowest BCUT2D eigenvalue weighted by Gasteiger charge is -2.18. The summed E-state index contributed by atoms with van der Waals surface area (Å²) in [7, 11) is 0. The number of amides is 2. The minimum absolute atomic E-state index is 0.0160. The number of nitrogens with one attached hydrogen (secondary N) is 2. The number of hydrogen-bond donors (Lipinski definition) is 3. The van der Waals surface area contributed by atoms with Crippen molar-refractivity contribution in [3.8, 4) is 0 Å². The summed E-state index contributed by atoms with van der Waals surface area (Å²) < 4.78 is 44.2. The molecule has 0 saturated heterocycles. The summed E-state index contributed by atoms with van der Waals surface area (Å²) in [4.78, 5) is 21.5. The first-order valence-electron chi connectivity index (χ1n) is 6.50. The Morgan fingerprint density at radius 1 is 1.43 bits per heavy atom. The Hall–Kier alpha value is -2.78. The third kappa shape index (κ3) is 4.34. The van der Waals surface area contributed by atoms with Crippen LogP contribution < -0.4 is 16.5 Å². The van der Waals surface area contributed by atoms with E-state index >= 15 is 0 Å². The zero-order valence-corrected chi connectivity index (χ0v) is 11.7. The highest BCUT2D eigenvalue weighted by Gasteiger charge is 2.34. The van der Waals surface area contributed by atoms with Crippen molar-refractivity contribution in [1.82, 2.24) is 5.43 Å². The predicted octanol–water partition coefficient (Wildman–Crippen LogP) is 1.44. The van der Waals surface area contributed by atoms with Crippen LogP contribution in [0.4, 0.5) is 23.7 Å². The standard InChI is InChI=1S/C13H13F3N4O3/c14-13(15,16)8-5-7(10-6-23-12(22)20-19-10)1-2-9(8)18-4-3-11(17)21/h1-2,5,18H,3-4,6H2,(H2,17,21)(H,20,22). The molecule has 1 heterocycles. The SMILES string of the molecule is NC(=O)CCNc1ccc(C2=NNC(=O)OC2)cc1C(F)(F)F. The van der Waals surface area contributed by atoms with Gasteiger partial charge in [-0.05, 0) is 12.1 Å². The van der Waals surface area contributed by atoms with Crippen molar-refractivity contribution in [3.63, 3.8) is 0 Å². The fourth-order valence-electron chi connectivity index (χ4n) is 1.89. The number of anilines is 1. The second-order valence-electron chi connectivity index (χ2n) is 4.65. The molecule has 0 bridgehead atoms. The Morgan fingerprint density at radius 3 is 2.74 bits per heavy atom. The average Bonchev–Trinajstić information content (AvgIpc) is 2.47. The summed E-state index contributed by atoms with van der Waals surface area (Å²) in [5, 5.41) is 6.19. The molecule has 0 unspecified atom stereocenters. The molecule has 1 aromatic rings. The van der Waals surface area contributed by atoms with Crippen molar-refractivity contribution in [2.45, 2.75) is 12.6 Å². The van der Waals surface area contributed by atoms with Gasteiger partial charge in [0.25, 0.3) is 0 Å². The van der Waals surface area contributed by atoms with E-state index < -0.39 is 23.7 Å². The van der Waals surface area contributed by atoms with Gasteiger partial charge in [-0.25, -0.2) is 10.2 Å². The van der Waals surface area contributed by atoms with Crippen LogP contribution in [0.1, 0.15) is 17.5 Å². The monoisotopic (exact) mass is 330 g/mol. The van der Waals surface area contributed by atoms with Crippen molar-refractivity contribution in [2.24, 2.45) is 10.8 Å². The number of hydrogen-bond acceptors (Lipinski definition) is 5. The van der Waals surface area contributed by atoms with Gasteiger partial charge in [-0.3, -0.25) is 4.79 Å². The maximum atomic E-state index is 13.2. The van der Waals surface area contributed by atoms with Gasteiger partial charge in [0.15, 0.2) is 0 Å². The molecule has 10 heteroatoms. The van der Waals surface area contributed by atoms with E-state index in [4.69, 9.17) is 5.73 Å². The number of ether oxygens (including phenoxy) is 1. The number of carbonyl (C=O) groups excluding carboxylic acids is 2. The van der Waals surface area contributed by atoms with Crippen molar-refractivity contribution < 1.29 is 27.5 Å². The van der Waals surface area contributed by atoms with Crippen LogP contribution in [0.3, 0.4) is 0 Å². The molecule has 0 aromatic heterocycles. The molecule has 2 amide bonds. The Labute approximate surface area is 128 Å². The molecule has 1 aliphatic rings. The molecule has 7 nitrogen and oxygen atoms in total. The van der Waals surface area contributed by atoms with E-state index in [-0.39, 0.29) is 36.5 Å². The van der Waals surface area contributed by atoms with Gasteiger partial charge in [0.2, 0.25) is 5.91 Å². The second-order valence-corrected chi connectivity index (χ2v) is 4.65. The Morgan fingerprint density at radius 2 is 2.17 bits per heavy atom. The number of carbonyl (C=O) groups is 2. The second kappa shape index (κ2) is 6.55. The zero-order valence-electron chi connectivity index (χ0n) is 11.7. The van der Waals surface area contributed by atoms with Gasteiger partial charge in [-0.15, -0.1) is 0 Å². The number of alkyl halides is 3. The van der Waals surface area contributed by atoms with Crippen LogP contribution >= 0.6 is 0 Å². The quantitative estimate of drug-likeness (QED) is 0.759. The van der Waals surface area contributed by atoms with Crippen LogP contribution in [0.5, 0.6) is 0 Å². The van der Waals surface area contributed by atoms with Crippen LogP contribution in [-0.2, 0) is 15.7 Å². The molecule has 0 aliphatic carbocycles. The highest BCUT2D eigenvalue weighted by molar-refractivity contribution is 6.04. The van der Waals surface area contributed by atoms with Crippen molar-refractivity contribution in [2.75, 3.05) is 18.5 Å². The zero-order chi connectivity index (χ0) is 17.0. The summed E-state index contributed by atoms with van der Waals surface area (Å²) in [5.41, 5.74) is 6.21. The maximum Gasteiger partial charge on any atom is 0.428 e. The van der Waals surface area contributed by atoms with E-state index in [1.807, 2.05) is 5.43 Å². The summed E-state index contributed by atoms with van der Waals surface area (Å²) in [6, 6.07) is 3.52. The summed E-state index contributed by atoms with van der Waals surface area (Å²) in [6.45, 7) is -0.241. The topological polar surface area (TPSA) is 106 Å². The third-order valence-electron chi connectivity index (χ3n) is 2.97. The average molecular weight is 330 g/mol. The number of hydrazone groups is 1. The number of nitrogens with zero attached hydrogens (tertiary/aromatic N) is 1. The summed E-state index contributed by atoms with van der Waals surface area (Å²) >= 11 is 0. The van der Waals surface area contributed by atoms with E-state index in [2.05, 4.69) is 15.2 Å². The molecule has 0 spiro atoms. The van der Waals surface area contributed by atoms with Crippen molar-refractivity contribution in [3.05, 3.63) is 29.3 Å². The molecule has 0 atom stereocenters. The van der Waals surface area contributed by atoms with Gasteiger partial charge < -0.3 is 15.8 Å². The fraction of sp³-hybridized carbons (Fsp3) is 0.308. The lowest BCUT2D eigenvalue weighted by Crippen LogP contribution is -2.31. The molecule has 0 fully saturated rings. The molecule has 1 aliphatic heterocycles. The first-order valence-corrected chi connectivity index (χ1v) is 6.50. The summed E-state index contributed by atoms with van der Waals surface area (Å²) in [6.07, 6.45) is -5.47. The minimum Gasteiger partial charge on any atom is -0.442 e. The number of benzene rings is 1. The van der Waals surface area contributed by atoms with Crippen LogP contribution in [0, 0.1) is 0 Å². The molecule has 2 rings (SSSR count). The van der Waals surface area contributed by atoms with Gasteiger partial charge in [-0.2, -0.15) is 18.3 Å². The largest absolute Gasteiger partial charge is 0.442 e. The first-order chi connectivity index (χ1) is 10.8. The Kier molecular flexibility index (Phi) is 4.72. The normalized spacial score (nSPS) is 14.6. The number of nitrogens with two attached hydrogens (primary N) is 1. The molecule has 0 saturated carbocycles. The molecule has 124 valence electrons. The Balaban J connectivity index is 2.27. The lowest BCUT2D eigenvalue weighted by atomic mass is 10.0. The molecule has 4 N–H and O–H groups in total. The first kappa shape index (κ1) is 16.6. The number of primary amides is 1. The highest BCUT2D eigenvalue weighted by Crippen LogP contribution is 2.35. The molecule has 23 heavy (non-hydrogen) atoms. The highest BCUT2D eigenvalue weighted by atomic mass is 19.4. The number of rotatable bonds is 5. The predicted molar refractivity (Wildman–Crippen MR) is 74.8 cm³/mol. The number of halogens is 3. The van der Waals surface area contributed by atoms with Crippen molar-refractivity contribution in [1.29, 1.82) is 0 Å².